The second kappa shape index (κ2) is 5.74. The smallest absolute Gasteiger partial charge is 0.111 e. The van der Waals surface area contributed by atoms with Gasteiger partial charge in [0.2, 0.25) is 0 Å². The Balaban J connectivity index is 4.50. The van der Waals surface area contributed by atoms with Crippen LogP contribution in [0.2, 0.25) is 0 Å². The van der Waals surface area contributed by atoms with Crippen molar-refractivity contribution in [3.05, 3.63) is 0 Å². The molecule has 5 N–H and O–H groups in total. The summed E-state index contributed by atoms with van der Waals surface area (Å²) in [7, 11) is 1.35. The van der Waals surface area contributed by atoms with E-state index in [-0.39, 0.29) is 0 Å². The lowest BCUT2D eigenvalue weighted by Gasteiger charge is -2.35. The molecule has 0 saturated carbocycles. The van der Waals surface area contributed by atoms with Crippen LogP contribution >= 0.6 is 0 Å². The van der Waals surface area contributed by atoms with Gasteiger partial charge in [-0.25, -0.2) is 0 Å². The molecule has 0 spiro atoms. The van der Waals surface area contributed by atoms with Crippen LogP contribution in [0.25, 0.3) is 0 Å². The molecule has 6 nitrogen and oxygen atoms in total. The van der Waals surface area contributed by atoms with E-state index in [1.54, 1.807) is 0 Å². The highest BCUT2D eigenvalue weighted by Crippen LogP contribution is 2.19. The number of rotatable bonds is 6. The summed E-state index contributed by atoms with van der Waals surface area (Å²) in [6, 6.07) is 0. The predicted octanol–water partition coefficient (Wildman–Crippen LogP) is -2.15. The van der Waals surface area contributed by atoms with E-state index in [4.69, 9.17) is 14.9 Å². The first-order valence-electron chi connectivity index (χ1n) is 4.66. The molecule has 0 rings (SSSR count). The summed E-state index contributed by atoms with van der Waals surface area (Å²) in [6.45, 7) is 2.36. The Hall–Kier alpha value is -0.240. The van der Waals surface area contributed by atoms with Crippen molar-refractivity contribution in [2.45, 2.75) is 43.9 Å². The third kappa shape index (κ3) is 3.67. The quantitative estimate of drug-likeness (QED) is 0.352. The van der Waals surface area contributed by atoms with E-state index in [1.165, 1.54) is 21.0 Å². The third-order valence-electron chi connectivity index (χ3n) is 2.49. The molecule has 0 aromatic rings. The van der Waals surface area contributed by atoms with Crippen molar-refractivity contribution in [2.75, 3.05) is 13.7 Å². The first-order valence-corrected chi connectivity index (χ1v) is 4.66. The topological polar surface area (TPSA) is 110 Å². The van der Waals surface area contributed by atoms with E-state index in [2.05, 4.69) is 0 Å². The molecule has 0 unspecified atom stereocenters. The fourth-order valence-electron chi connectivity index (χ4n) is 1.05. The molecule has 0 heterocycles. The van der Waals surface area contributed by atoms with Crippen LogP contribution in [0.5, 0.6) is 0 Å². The highest BCUT2D eigenvalue weighted by molar-refractivity contribution is 4.90. The van der Waals surface area contributed by atoms with Crippen molar-refractivity contribution in [1.82, 2.24) is 0 Å². The van der Waals surface area contributed by atoms with E-state index in [0.717, 1.165) is 0 Å². The van der Waals surface area contributed by atoms with Crippen molar-refractivity contribution in [2.24, 2.45) is 0 Å². The molecular weight excluding hydrogens is 204 g/mol. The molecule has 0 saturated heterocycles. The minimum atomic E-state index is -1.63. The maximum atomic E-state index is 9.63. The van der Waals surface area contributed by atoms with Gasteiger partial charge in [-0.2, -0.15) is 0 Å². The first kappa shape index (κ1) is 14.8. The fraction of sp³-hybridized carbons (Fsp3) is 1.00. The zero-order valence-electron chi connectivity index (χ0n) is 9.16. The first-order chi connectivity index (χ1) is 6.77. The molecule has 0 fully saturated rings. The lowest BCUT2D eigenvalue weighted by molar-refractivity contribution is -0.171. The van der Waals surface area contributed by atoms with Gasteiger partial charge in [-0.15, -0.1) is 0 Å². The number of aliphatic hydroxyl groups is 5. The van der Waals surface area contributed by atoms with Gasteiger partial charge in [-0.3, -0.25) is 0 Å². The maximum absolute atomic E-state index is 9.63. The van der Waals surface area contributed by atoms with Crippen LogP contribution in [0.3, 0.4) is 0 Å². The molecule has 0 aliphatic heterocycles. The molecule has 0 aliphatic carbocycles. The zero-order valence-corrected chi connectivity index (χ0v) is 9.16. The largest absolute Gasteiger partial charge is 0.394 e. The SMILES string of the molecule is COC(C)(C)[C@@H](O)[C@@H](O)[C@H](O)[C@@H](O)CO. The zero-order chi connectivity index (χ0) is 12.2. The molecule has 0 radical (unpaired) electrons. The van der Waals surface area contributed by atoms with Gasteiger partial charge in [0, 0.05) is 7.11 Å². The van der Waals surface area contributed by atoms with Crippen LogP contribution in [0, 0.1) is 0 Å². The van der Waals surface area contributed by atoms with E-state index >= 15 is 0 Å². The number of aliphatic hydroxyl groups excluding tert-OH is 5. The summed E-state index contributed by atoms with van der Waals surface area (Å²) in [4.78, 5) is 0. The predicted molar refractivity (Wildman–Crippen MR) is 52.2 cm³/mol. The van der Waals surface area contributed by atoms with E-state index in [0.29, 0.717) is 0 Å². The van der Waals surface area contributed by atoms with Crippen molar-refractivity contribution < 1.29 is 30.3 Å². The Kier molecular flexibility index (Phi) is 5.65. The van der Waals surface area contributed by atoms with Crippen LogP contribution in [-0.4, -0.2) is 69.3 Å². The summed E-state index contributed by atoms with van der Waals surface area (Å²) in [5, 5.41) is 46.1. The number of methoxy groups -OCH3 is 1. The van der Waals surface area contributed by atoms with Crippen LogP contribution in [-0.2, 0) is 4.74 Å². The summed E-state index contributed by atoms with van der Waals surface area (Å²) < 4.78 is 4.92. The Morgan fingerprint density at radius 3 is 1.87 bits per heavy atom. The van der Waals surface area contributed by atoms with Gasteiger partial charge in [0.15, 0.2) is 0 Å². The van der Waals surface area contributed by atoms with E-state index in [1.807, 2.05) is 0 Å². The highest BCUT2D eigenvalue weighted by atomic mass is 16.5. The summed E-state index contributed by atoms with van der Waals surface area (Å²) >= 11 is 0. The normalized spacial score (nSPS) is 20.8. The Bertz CT molecular complexity index is 183. The Morgan fingerprint density at radius 1 is 1.07 bits per heavy atom. The summed E-state index contributed by atoms with van der Waals surface area (Å²) in [5.74, 6) is 0. The summed E-state index contributed by atoms with van der Waals surface area (Å²) in [6.07, 6.45) is -6.09. The second-order valence-electron chi connectivity index (χ2n) is 3.98. The number of hydrogen-bond donors (Lipinski definition) is 5. The van der Waals surface area contributed by atoms with Gasteiger partial charge in [0.05, 0.1) is 12.2 Å². The van der Waals surface area contributed by atoms with Crippen molar-refractivity contribution >= 4 is 0 Å². The molecule has 6 heteroatoms. The van der Waals surface area contributed by atoms with Crippen LogP contribution < -0.4 is 0 Å². The molecular formula is C9H20O6. The minimum absolute atomic E-state index is 0.696. The molecule has 0 aromatic carbocycles. The van der Waals surface area contributed by atoms with Gasteiger partial charge in [0.1, 0.15) is 24.4 Å². The lowest BCUT2D eigenvalue weighted by atomic mass is 9.92. The van der Waals surface area contributed by atoms with Crippen LogP contribution in [0.1, 0.15) is 13.8 Å². The van der Waals surface area contributed by atoms with Gasteiger partial charge < -0.3 is 30.3 Å². The third-order valence-corrected chi connectivity index (χ3v) is 2.49. The maximum Gasteiger partial charge on any atom is 0.111 e. The van der Waals surface area contributed by atoms with E-state index < -0.39 is 36.6 Å². The number of hydrogen-bond acceptors (Lipinski definition) is 6. The molecule has 0 amide bonds. The lowest BCUT2D eigenvalue weighted by Crippen LogP contribution is -2.54. The monoisotopic (exact) mass is 224 g/mol. The van der Waals surface area contributed by atoms with E-state index in [9.17, 15) is 15.3 Å². The molecule has 0 bridgehead atoms. The number of ether oxygens (including phenoxy) is 1. The molecule has 0 aliphatic rings. The molecule has 0 aromatic heterocycles. The average molecular weight is 224 g/mol. The van der Waals surface area contributed by atoms with Crippen LogP contribution in [0.15, 0.2) is 0 Å². The van der Waals surface area contributed by atoms with Gasteiger partial charge >= 0.3 is 0 Å². The van der Waals surface area contributed by atoms with Gasteiger partial charge in [-0.1, -0.05) is 0 Å². The summed E-state index contributed by atoms with van der Waals surface area (Å²) in [5.41, 5.74) is -1.06. The van der Waals surface area contributed by atoms with Crippen molar-refractivity contribution in [1.29, 1.82) is 0 Å². The second-order valence-corrected chi connectivity index (χ2v) is 3.98. The highest BCUT2D eigenvalue weighted by Gasteiger charge is 2.39. The standard InChI is InChI=1S/C9H20O6/c1-9(2,15-3)8(14)7(13)6(12)5(11)4-10/h5-8,10-14H,4H2,1-3H3/t5-,6+,7-,8-/m0/s1. The van der Waals surface area contributed by atoms with Crippen molar-refractivity contribution in [3.63, 3.8) is 0 Å². The van der Waals surface area contributed by atoms with Crippen LogP contribution in [0.4, 0.5) is 0 Å². The fourth-order valence-corrected chi connectivity index (χ4v) is 1.05. The molecule has 92 valence electrons. The average Bonchev–Trinajstić information content (AvgIpc) is 2.24. The Morgan fingerprint density at radius 2 is 1.53 bits per heavy atom. The van der Waals surface area contributed by atoms with Crippen molar-refractivity contribution in [3.8, 4) is 0 Å². The molecule has 15 heavy (non-hydrogen) atoms. The molecule has 4 atom stereocenters. The van der Waals surface area contributed by atoms with Gasteiger partial charge in [-0.05, 0) is 13.8 Å². The minimum Gasteiger partial charge on any atom is -0.394 e. The van der Waals surface area contributed by atoms with Gasteiger partial charge in [0.25, 0.3) is 0 Å². The Labute approximate surface area is 88.7 Å².